The molecule has 2 heterocycles. The van der Waals surface area contributed by atoms with Gasteiger partial charge in [0, 0.05) is 0 Å². The van der Waals surface area contributed by atoms with Gasteiger partial charge in [0.2, 0.25) is 0 Å². The van der Waals surface area contributed by atoms with Gasteiger partial charge >= 0.3 is 0 Å². The van der Waals surface area contributed by atoms with Crippen LogP contribution in [0.25, 0.3) is 0 Å². The third-order valence-electron chi connectivity index (χ3n) is 2.66. The van der Waals surface area contributed by atoms with Gasteiger partial charge in [-0.2, -0.15) is 14.9 Å². The summed E-state index contributed by atoms with van der Waals surface area (Å²) >= 11 is 0. The predicted molar refractivity (Wildman–Crippen MR) is 75.3 cm³/mol. The second-order valence-corrected chi connectivity index (χ2v) is 4.20. The molecule has 1 aromatic heterocycles. The fourth-order valence-corrected chi connectivity index (χ4v) is 1.74. The van der Waals surface area contributed by atoms with Gasteiger partial charge in [0.1, 0.15) is 23.8 Å². The van der Waals surface area contributed by atoms with Crippen LogP contribution in [-0.4, -0.2) is 32.8 Å². The van der Waals surface area contributed by atoms with E-state index >= 15 is 0 Å². The molecule has 0 amide bonds. The molecule has 0 atom stereocenters. The van der Waals surface area contributed by atoms with Crippen molar-refractivity contribution in [3.8, 4) is 0 Å². The molecule has 1 aliphatic heterocycles. The maximum absolute atomic E-state index is 13.0. The van der Waals surface area contributed by atoms with E-state index in [0.717, 1.165) is 0 Å². The van der Waals surface area contributed by atoms with E-state index in [0.29, 0.717) is 23.6 Å². The van der Waals surface area contributed by atoms with E-state index in [1.54, 1.807) is 12.1 Å². The fourth-order valence-electron chi connectivity index (χ4n) is 1.74. The zero-order valence-corrected chi connectivity index (χ0v) is 10.8. The molecule has 3 N–H and O–H groups in total. The maximum Gasteiger partial charge on any atom is 0.266 e. The van der Waals surface area contributed by atoms with Crippen LogP contribution in [0.2, 0.25) is 0 Å². The Morgan fingerprint density at radius 3 is 3.14 bits per heavy atom. The van der Waals surface area contributed by atoms with Crippen molar-refractivity contribution in [3.63, 3.8) is 0 Å². The quantitative estimate of drug-likeness (QED) is 0.602. The Bertz CT molecular complexity index is 745. The monoisotopic (exact) mass is 286 g/mol. The molecule has 9 heteroatoms. The molecule has 0 spiro atoms. The number of rotatable bonds is 2. The van der Waals surface area contributed by atoms with E-state index < -0.39 is 0 Å². The molecule has 3 rings (SSSR count). The number of amidine groups is 1. The Morgan fingerprint density at radius 1 is 1.38 bits per heavy atom. The number of nitrogens with zero attached hydrogens (tertiary/aromatic N) is 6. The summed E-state index contributed by atoms with van der Waals surface area (Å²) in [6, 6.07) is 6.04. The summed E-state index contributed by atoms with van der Waals surface area (Å²) in [6.45, 7) is 0. The van der Waals surface area contributed by atoms with Crippen LogP contribution >= 0.6 is 0 Å². The van der Waals surface area contributed by atoms with Crippen molar-refractivity contribution in [1.82, 2.24) is 20.2 Å². The number of hydrogen-bond acceptors (Lipinski definition) is 7. The number of halogens is 1. The van der Waals surface area contributed by atoms with E-state index in [4.69, 9.17) is 5.73 Å². The number of benzene rings is 1. The van der Waals surface area contributed by atoms with Crippen LogP contribution in [0, 0.1) is 5.82 Å². The summed E-state index contributed by atoms with van der Waals surface area (Å²) in [5.74, 6) is 0.855. The van der Waals surface area contributed by atoms with Crippen LogP contribution in [0.4, 0.5) is 4.39 Å². The third kappa shape index (κ3) is 2.91. The van der Waals surface area contributed by atoms with Gasteiger partial charge in [-0.15, -0.1) is 10.2 Å². The third-order valence-corrected chi connectivity index (χ3v) is 2.66. The lowest BCUT2D eigenvalue weighted by molar-refractivity contribution is 0.627. The number of hydrazone groups is 1. The summed E-state index contributed by atoms with van der Waals surface area (Å²) in [5.41, 5.74) is 8.96. The molecule has 0 radical (unpaired) electrons. The van der Waals surface area contributed by atoms with Crippen LogP contribution in [0.1, 0.15) is 11.4 Å². The van der Waals surface area contributed by atoms with E-state index in [2.05, 4.69) is 30.8 Å². The fraction of sp³-hybridized carbons (Fsp3) is 0.0833. The Balaban J connectivity index is 1.79. The van der Waals surface area contributed by atoms with Gasteiger partial charge in [0.25, 0.3) is 5.96 Å². The largest absolute Gasteiger partial charge is 0.385 e. The second kappa shape index (κ2) is 5.49. The van der Waals surface area contributed by atoms with Crippen LogP contribution < -0.4 is 11.2 Å². The van der Waals surface area contributed by atoms with Crippen molar-refractivity contribution in [2.24, 2.45) is 21.0 Å². The number of nitrogens with one attached hydrogen (secondary N) is 1. The number of aromatic nitrogens is 3. The summed E-state index contributed by atoms with van der Waals surface area (Å²) in [4.78, 5) is 4.06. The van der Waals surface area contributed by atoms with E-state index in [1.807, 2.05) is 0 Å². The molecule has 0 unspecified atom stereocenters. The Kier molecular flexibility index (Phi) is 3.37. The van der Waals surface area contributed by atoms with Crippen molar-refractivity contribution in [2.75, 3.05) is 0 Å². The van der Waals surface area contributed by atoms with Crippen molar-refractivity contribution in [2.45, 2.75) is 6.42 Å². The lowest BCUT2D eigenvalue weighted by Crippen LogP contribution is -2.28. The first kappa shape index (κ1) is 12.9. The molecule has 0 saturated heterocycles. The topological polar surface area (TPSA) is 106 Å². The molecule has 21 heavy (non-hydrogen) atoms. The minimum atomic E-state index is -0.332. The minimum absolute atomic E-state index is 0.260. The highest BCUT2D eigenvalue weighted by Gasteiger charge is 2.14. The average molecular weight is 286 g/mol. The van der Waals surface area contributed by atoms with Gasteiger partial charge < -0.3 is 5.73 Å². The average Bonchev–Trinajstić information content (AvgIpc) is 2.85. The molecule has 0 fully saturated rings. The lowest BCUT2D eigenvalue weighted by Gasteiger charge is -2.03. The van der Waals surface area contributed by atoms with Gasteiger partial charge in [-0.25, -0.2) is 14.8 Å². The van der Waals surface area contributed by atoms with E-state index in [9.17, 15) is 4.39 Å². The molecule has 8 nitrogen and oxygen atoms in total. The maximum atomic E-state index is 13.0. The lowest BCUT2D eigenvalue weighted by atomic mass is 10.2. The first-order chi connectivity index (χ1) is 10.2. The molecule has 1 aromatic carbocycles. The normalized spacial score (nSPS) is 14.3. The highest BCUT2D eigenvalue weighted by Crippen LogP contribution is 2.02. The Hall–Kier alpha value is -3.10. The van der Waals surface area contributed by atoms with Gasteiger partial charge in [0.05, 0.1) is 12.6 Å². The predicted octanol–water partition coefficient (Wildman–Crippen LogP) is 0.0733. The SMILES string of the molecule is NC1=NN=C(N/N=C\c2cccc(F)c2)n2ncnc2C1. The number of nitrogens with two attached hydrogens (primary N) is 1. The molecular weight excluding hydrogens is 275 g/mol. The van der Waals surface area contributed by atoms with Crippen LogP contribution in [0.15, 0.2) is 45.9 Å². The molecule has 0 saturated carbocycles. The molecule has 0 bridgehead atoms. The first-order valence-electron chi connectivity index (χ1n) is 6.06. The van der Waals surface area contributed by atoms with E-state index in [-0.39, 0.29) is 11.8 Å². The number of fused-ring (bicyclic) bond motifs is 1. The van der Waals surface area contributed by atoms with Crippen molar-refractivity contribution in [1.29, 1.82) is 0 Å². The summed E-state index contributed by atoms with van der Waals surface area (Å²) in [6.07, 6.45) is 3.20. The summed E-state index contributed by atoms with van der Waals surface area (Å²) in [5, 5.41) is 15.7. The Morgan fingerprint density at radius 2 is 2.29 bits per heavy atom. The highest BCUT2D eigenvalue weighted by molar-refractivity contribution is 5.89. The smallest absolute Gasteiger partial charge is 0.266 e. The standard InChI is InChI=1S/C12H11FN8/c13-9-3-1-2-8(4-9)6-16-19-12-20-18-10(14)5-11-15-7-17-21(11)12/h1-4,6-7H,5H2,(H2,14,18)(H,19,20)/b16-6-. The van der Waals surface area contributed by atoms with Crippen molar-refractivity contribution >= 4 is 18.0 Å². The van der Waals surface area contributed by atoms with Crippen molar-refractivity contribution in [3.05, 3.63) is 47.8 Å². The first-order valence-corrected chi connectivity index (χ1v) is 6.06. The van der Waals surface area contributed by atoms with Gasteiger partial charge in [-0.05, 0) is 17.7 Å². The Labute approximate surface area is 118 Å². The van der Waals surface area contributed by atoms with Gasteiger partial charge in [-0.3, -0.25) is 0 Å². The van der Waals surface area contributed by atoms with E-state index in [1.165, 1.54) is 29.4 Å². The molecule has 0 aliphatic carbocycles. The zero-order valence-electron chi connectivity index (χ0n) is 10.8. The minimum Gasteiger partial charge on any atom is -0.385 e. The van der Waals surface area contributed by atoms with Crippen LogP contribution in [-0.2, 0) is 6.42 Å². The van der Waals surface area contributed by atoms with Crippen LogP contribution in [0.3, 0.4) is 0 Å². The molecular formula is C12H11FN8. The van der Waals surface area contributed by atoms with Gasteiger partial charge in [-0.1, -0.05) is 12.1 Å². The molecule has 1 aliphatic rings. The van der Waals surface area contributed by atoms with Crippen LogP contribution in [0.5, 0.6) is 0 Å². The number of hydrogen-bond donors (Lipinski definition) is 2. The highest BCUT2D eigenvalue weighted by atomic mass is 19.1. The van der Waals surface area contributed by atoms with Gasteiger partial charge in [0.15, 0.2) is 0 Å². The molecule has 2 aromatic rings. The molecule has 106 valence electrons. The van der Waals surface area contributed by atoms with Crippen molar-refractivity contribution < 1.29 is 4.39 Å². The summed E-state index contributed by atoms with van der Waals surface area (Å²) in [7, 11) is 0. The second-order valence-electron chi connectivity index (χ2n) is 4.20. The summed E-state index contributed by atoms with van der Waals surface area (Å²) < 4.78 is 14.5. The zero-order chi connectivity index (χ0) is 14.7.